The van der Waals surface area contributed by atoms with E-state index < -0.39 is 17.7 Å². The molecule has 0 aliphatic rings. The first-order valence-corrected chi connectivity index (χ1v) is 5.38. The number of benzene rings is 1. The van der Waals surface area contributed by atoms with Crippen molar-refractivity contribution >= 4 is 17.6 Å². The lowest BCUT2D eigenvalue weighted by Crippen LogP contribution is -2.11. The Bertz CT molecular complexity index is 648. The van der Waals surface area contributed by atoms with E-state index in [0.29, 0.717) is 5.56 Å². The molecule has 0 saturated heterocycles. The number of furan rings is 1. The van der Waals surface area contributed by atoms with Gasteiger partial charge in [-0.2, -0.15) is 0 Å². The van der Waals surface area contributed by atoms with Crippen LogP contribution in [-0.4, -0.2) is 17.0 Å². The Kier molecular flexibility index (Phi) is 3.33. The maximum Gasteiger partial charge on any atom is 0.371 e. The normalized spacial score (nSPS) is 10.2. The van der Waals surface area contributed by atoms with E-state index in [1.165, 1.54) is 30.3 Å². The minimum absolute atomic E-state index is 0.154. The number of halogens is 1. The highest BCUT2D eigenvalue weighted by atomic mass is 19.1. The fraction of sp³-hybridized carbons (Fsp3) is 0.0769. The summed E-state index contributed by atoms with van der Waals surface area (Å²) in [6, 6.07) is 6.65. The van der Waals surface area contributed by atoms with Crippen molar-refractivity contribution in [3.63, 3.8) is 0 Å². The van der Waals surface area contributed by atoms with Crippen LogP contribution >= 0.6 is 0 Å². The molecule has 0 bridgehead atoms. The van der Waals surface area contributed by atoms with Gasteiger partial charge in [0.1, 0.15) is 5.82 Å². The molecule has 0 spiro atoms. The minimum Gasteiger partial charge on any atom is -0.475 e. The van der Waals surface area contributed by atoms with Crippen molar-refractivity contribution in [1.29, 1.82) is 0 Å². The Labute approximate surface area is 107 Å². The largest absolute Gasteiger partial charge is 0.475 e. The molecule has 0 fully saturated rings. The molecular formula is C13H10FNO4. The Hall–Kier alpha value is -2.63. The van der Waals surface area contributed by atoms with Crippen molar-refractivity contribution in [1.82, 2.24) is 0 Å². The molecule has 5 nitrogen and oxygen atoms in total. The smallest absolute Gasteiger partial charge is 0.371 e. The standard InChI is InChI=1S/C13H10FNO4/c1-7-2-3-8(6-9(7)14)15-12(16)10-4-5-11(19-10)13(17)18/h2-6H,1H3,(H,15,16)(H,17,18). The molecule has 0 aliphatic carbocycles. The lowest BCUT2D eigenvalue weighted by molar-refractivity contribution is 0.0660. The molecule has 0 atom stereocenters. The highest BCUT2D eigenvalue weighted by Gasteiger charge is 2.15. The van der Waals surface area contributed by atoms with Gasteiger partial charge < -0.3 is 14.8 Å². The zero-order chi connectivity index (χ0) is 14.0. The fourth-order valence-corrected chi connectivity index (χ4v) is 1.44. The summed E-state index contributed by atoms with van der Waals surface area (Å²) in [6.45, 7) is 1.60. The fourth-order valence-electron chi connectivity index (χ4n) is 1.44. The molecule has 0 unspecified atom stereocenters. The lowest BCUT2D eigenvalue weighted by atomic mass is 10.2. The second-order valence-electron chi connectivity index (χ2n) is 3.89. The molecule has 0 saturated carbocycles. The molecule has 1 amide bonds. The summed E-state index contributed by atoms with van der Waals surface area (Å²) in [5, 5.41) is 11.1. The van der Waals surface area contributed by atoms with Gasteiger partial charge in [-0.1, -0.05) is 6.07 Å². The number of carboxylic acid groups (broad SMARTS) is 1. The lowest BCUT2D eigenvalue weighted by Gasteiger charge is -2.04. The van der Waals surface area contributed by atoms with Crippen LogP contribution in [0, 0.1) is 12.7 Å². The number of hydrogen-bond donors (Lipinski definition) is 2. The van der Waals surface area contributed by atoms with Gasteiger partial charge in [0.15, 0.2) is 5.76 Å². The van der Waals surface area contributed by atoms with Gasteiger partial charge in [-0.25, -0.2) is 9.18 Å². The van der Waals surface area contributed by atoms with Gasteiger partial charge in [0.05, 0.1) is 0 Å². The Morgan fingerprint density at radius 3 is 2.47 bits per heavy atom. The van der Waals surface area contributed by atoms with Crippen LogP contribution in [-0.2, 0) is 0 Å². The van der Waals surface area contributed by atoms with Crippen molar-refractivity contribution in [2.75, 3.05) is 5.32 Å². The molecule has 2 aromatic rings. The van der Waals surface area contributed by atoms with E-state index in [-0.39, 0.29) is 17.2 Å². The number of carbonyl (C=O) groups excluding carboxylic acids is 1. The van der Waals surface area contributed by atoms with Gasteiger partial charge in [0.25, 0.3) is 5.91 Å². The molecule has 1 aromatic carbocycles. The van der Waals surface area contributed by atoms with Crippen LogP contribution < -0.4 is 5.32 Å². The van der Waals surface area contributed by atoms with Crippen LogP contribution in [0.2, 0.25) is 0 Å². The van der Waals surface area contributed by atoms with Crippen LogP contribution in [0.5, 0.6) is 0 Å². The first-order valence-electron chi connectivity index (χ1n) is 5.38. The predicted molar refractivity (Wildman–Crippen MR) is 64.8 cm³/mol. The summed E-state index contributed by atoms with van der Waals surface area (Å²) in [4.78, 5) is 22.3. The zero-order valence-electron chi connectivity index (χ0n) is 9.94. The second-order valence-corrected chi connectivity index (χ2v) is 3.89. The molecule has 98 valence electrons. The first-order chi connectivity index (χ1) is 8.97. The predicted octanol–water partition coefficient (Wildman–Crippen LogP) is 2.68. The van der Waals surface area contributed by atoms with E-state index in [9.17, 15) is 14.0 Å². The van der Waals surface area contributed by atoms with E-state index in [1.54, 1.807) is 6.92 Å². The van der Waals surface area contributed by atoms with Gasteiger partial charge in [-0.3, -0.25) is 4.79 Å². The van der Waals surface area contributed by atoms with Gasteiger partial charge in [0, 0.05) is 5.69 Å². The van der Waals surface area contributed by atoms with E-state index in [4.69, 9.17) is 9.52 Å². The number of rotatable bonds is 3. The Morgan fingerprint density at radius 2 is 1.89 bits per heavy atom. The summed E-state index contributed by atoms with van der Waals surface area (Å²) >= 11 is 0. The average Bonchev–Trinajstić information content (AvgIpc) is 2.83. The number of aryl methyl sites for hydroxylation is 1. The summed E-state index contributed by atoms with van der Waals surface area (Å²) in [5.74, 6) is -2.83. The molecule has 2 N–H and O–H groups in total. The zero-order valence-corrected chi connectivity index (χ0v) is 9.94. The summed E-state index contributed by atoms with van der Waals surface area (Å²) in [5.41, 5.74) is 0.727. The highest BCUT2D eigenvalue weighted by Crippen LogP contribution is 2.15. The van der Waals surface area contributed by atoms with Gasteiger partial charge in [0.2, 0.25) is 5.76 Å². The van der Waals surface area contributed by atoms with E-state index in [2.05, 4.69) is 5.32 Å². The number of carbonyl (C=O) groups is 2. The summed E-state index contributed by atoms with van der Waals surface area (Å²) in [7, 11) is 0. The van der Waals surface area contributed by atoms with Crippen molar-refractivity contribution in [2.45, 2.75) is 6.92 Å². The monoisotopic (exact) mass is 263 g/mol. The topological polar surface area (TPSA) is 79.5 Å². The summed E-state index contributed by atoms with van der Waals surface area (Å²) in [6.07, 6.45) is 0. The Balaban J connectivity index is 2.15. The van der Waals surface area contributed by atoms with Crippen LogP contribution in [0.15, 0.2) is 34.7 Å². The van der Waals surface area contributed by atoms with E-state index >= 15 is 0 Å². The molecule has 1 aromatic heterocycles. The molecule has 0 radical (unpaired) electrons. The molecule has 2 rings (SSSR count). The third-order valence-corrected chi connectivity index (χ3v) is 2.47. The second kappa shape index (κ2) is 4.93. The van der Waals surface area contributed by atoms with Gasteiger partial charge in [-0.05, 0) is 36.8 Å². The van der Waals surface area contributed by atoms with E-state index in [1.807, 2.05) is 0 Å². The third-order valence-electron chi connectivity index (χ3n) is 2.47. The van der Waals surface area contributed by atoms with Crippen molar-refractivity contribution in [3.8, 4) is 0 Å². The number of hydrogen-bond acceptors (Lipinski definition) is 3. The number of aromatic carboxylic acids is 1. The summed E-state index contributed by atoms with van der Waals surface area (Å²) < 4.78 is 18.1. The molecule has 0 aliphatic heterocycles. The van der Waals surface area contributed by atoms with Crippen molar-refractivity contribution in [2.24, 2.45) is 0 Å². The highest BCUT2D eigenvalue weighted by molar-refractivity contribution is 6.02. The van der Waals surface area contributed by atoms with Crippen LogP contribution in [0.25, 0.3) is 0 Å². The molecule has 19 heavy (non-hydrogen) atoms. The average molecular weight is 263 g/mol. The van der Waals surface area contributed by atoms with Crippen LogP contribution in [0.1, 0.15) is 26.7 Å². The van der Waals surface area contributed by atoms with Gasteiger partial charge in [-0.15, -0.1) is 0 Å². The SMILES string of the molecule is Cc1ccc(NC(=O)c2ccc(C(=O)O)o2)cc1F. The van der Waals surface area contributed by atoms with E-state index in [0.717, 1.165) is 0 Å². The van der Waals surface area contributed by atoms with Crippen LogP contribution in [0.3, 0.4) is 0 Å². The number of amides is 1. The number of anilines is 1. The first kappa shape index (κ1) is 12.8. The van der Waals surface area contributed by atoms with Crippen LogP contribution in [0.4, 0.5) is 10.1 Å². The number of nitrogens with one attached hydrogen (secondary N) is 1. The third kappa shape index (κ3) is 2.79. The van der Waals surface area contributed by atoms with Gasteiger partial charge >= 0.3 is 5.97 Å². The molecular weight excluding hydrogens is 253 g/mol. The molecule has 6 heteroatoms. The maximum atomic E-state index is 13.3. The maximum absolute atomic E-state index is 13.3. The van der Waals surface area contributed by atoms with Crippen molar-refractivity contribution in [3.05, 3.63) is 53.2 Å². The quantitative estimate of drug-likeness (QED) is 0.892. The van der Waals surface area contributed by atoms with Crippen molar-refractivity contribution < 1.29 is 23.5 Å². The Morgan fingerprint density at radius 1 is 1.21 bits per heavy atom. The minimum atomic E-state index is -1.26. The number of carboxylic acids is 1. The molecule has 1 heterocycles.